The molecule has 1 N–H and O–H groups in total. The first kappa shape index (κ1) is 21.7. The normalized spacial score (nSPS) is 11.2. The molecule has 0 spiro atoms. The number of para-hydroxylation sites is 1. The molecule has 0 bridgehead atoms. The van der Waals surface area contributed by atoms with Gasteiger partial charge in [0.15, 0.2) is 0 Å². The first-order valence-corrected chi connectivity index (χ1v) is 11.2. The zero-order valence-corrected chi connectivity index (χ0v) is 18.9. The Kier molecular flexibility index (Phi) is 6.58. The number of aromatic nitrogens is 7. The summed E-state index contributed by atoms with van der Waals surface area (Å²) in [5.74, 6) is 0.495. The lowest BCUT2D eigenvalue weighted by Gasteiger charge is -2.12. The van der Waals surface area contributed by atoms with Gasteiger partial charge >= 0.3 is 5.69 Å². The summed E-state index contributed by atoms with van der Waals surface area (Å²) in [6.45, 7) is 6.79. The van der Waals surface area contributed by atoms with Crippen LogP contribution in [0.2, 0.25) is 0 Å². The van der Waals surface area contributed by atoms with Crippen molar-refractivity contribution in [3.63, 3.8) is 0 Å². The quantitative estimate of drug-likeness (QED) is 0.434. The molecule has 1 aromatic carbocycles. The van der Waals surface area contributed by atoms with Gasteiger partial charge in [0.05, 0.1) is 12.2 Å². The van der Waals surface area contributed by atoms with Gasteiger partial charge in [-0.1, -0.05) is 44.9 Å². The van der Waals surface area contributed by atoms with Gasteiger partial charge in [-0.15, -0.1) is 10.2 Å². The number of pyridine rings is 1. The number of benzene rings is 1. The van der Waals surface area contributed by atoms with Crippen molar-refractivity contribution in [2.24, 2.45) is 0 Å². The van der Waals surface area contributed by atoms with E-state index < -0.39 is 0 Å². The first-order chi connectivity index (χ1) is 15.6. The third-order valence-corrected chi connectivity index (χ3v) is 5.75. The van der Waals surface area contributed by atoms with Crippen LogP contribution in [0.4, 0.5) is 0 Å². The highest BCUT2D eigenvalue weighted by Crippen LogP contribution is 2.23. The van der Waals surface area contributed by atoms with Crippen LogP contribution in [0.1, 0.15) is 55.5 Å². The molecule has 32 heavy (non-hydrogen) atoms. The second-order valence-electron chi connectivity index (χ2n) is 8.06. The number of aryl methyl sites for hydroxylation is 3. The van der Waals surface area contributed by atoms with Crippen LogP contribution in [0.25, 0.3) is 17.1 Å². The number of hydrogen-bond acceptors (Lipinski definition) is 5. The average molecular weight is 432 g/mol. The Balaban J connectivity index is 1.83. The fourth-order valence-corrected chi connectivity index (χ4v) is 4.17. The van der Waals surface area contributed by atoms with Gasteiger partial charge in [-0.05, 0) is 48.6 Å². The average Bonchev–Trinajstić information content (AvgIpc) is 3.43. The SMILES string of the molecule is CCCCc1cn(-c2c(C)cccc2CCC)c(=O)n1Cc1cnccc1-c1nn[nH]n1. The summed E-state index contributed by atoms with van der Waals surface area (Å²) in [6.07, 6.45) is 10.4. The molecule has 0 saturated carbocycles. The summed E-state index contributed by atoms with van der Waals surface area (Å²) in [4.78, 5) is 18.0. The Morgan fingerprint density at radius 2 is 1.94 bits per heavy atom. The van der Waals surface area contributed by atoms with Crippen LogP contribution in [0.3, 0.4) is 0 Å². The third kappa shape index (κ3) is 4.26. The van der Waals surface area contributed by atoms with Crippen molar-refractivity contribution in [1.29, 1.82) is 0 Å². The molecule has 3 aromatic heterocycles. The molecule has 0 atom stereocenters. The van der Waals surface area contributed by atoms with Gasteiger partial charge in [0.2, 0.25) is 5.82 Å². The zero-order valence-electron chi connectivity index (χ0n) is 18.9. The molecule has 0 aliphatic heterocycles. The maximum atomic E-state index is 13.7. The van der Waals surface area contributed by atoms with E-state index in [1.165, 1.54) is 5.56 Å². The van der Waals surface area contributed by atoms with Crippen molar-refractivity contribution in [2.75, 3.05) is 0 Å². The summed E-state index contributed by atoms with van der Waals surface area (Å²) in [5, 5.41) is 14.4. The predicted octanol–water partition coefficient (Wildman–Crippen LogP) is 3.87. The highest BCUT2D eigenvalue weighted by atomic mass is 16.1. The lowest BCUT2D eigenvalue weighted by Crippen LogP contribution is -2.26. The Morgan fingerprint density at radius 3 is 2.69 bits per heavy atom. The van der Waals surface area contributed by atoms with Crippen LogP contribution in [-0.4, -0.2) is 34.7 Å². The van der Waals surface area contributed by atoms with Crippen LogP contribution < -0.4 is 5.69 Å². The Morgan fingerprint density at radius 1 is 1.06 bits per heavy atom. The minimum atomic E-state index is -0.0364. The molecule has 0 radical (unpaired) electrons. The van der Waals surface area contributed by atoms with Gasteiger partial charge in [-0.2, -0.15) is 5.21 Å². The topological polar surface area (TPSA) is 94.3 Å². The van der Waals surface area contributed by atoms with E-state index in [4.69, 9.17) is 0 Å². The number of nitrogens with zero attached hydrogens (tertiary/aromatic N) is 6. The smallest absolute Gasteiger partial charge is 0.292 e. The molecule has 0 amide bonds. The first-order valence-electron chi connectivity index (χ1n) is 11.2. The summed E-state index contributed by atoms with van der Waals surface area (Å²) < 4.78 is 3.69. The standard InChI is InChI=1S/C24H29N7O/c1-4-6-11-20-16-31(22-17(3)9-7-10-18(22)8-5-2)24(32)30(20)15-19-14-25-13-12-21(19)23-26-28-29-27-23/h7,9-10,12-14,16H,4-6,8,11,15H2,1-3H3,(H,26,27,28,29). The maximum Gasteiger partial charge on any atom is 0.333 e. The molecule has 3 heterocycles. The number of hydrogen-bond donors (Lipinski definition) is 1. The van der Waals surface area contributed by atoms with Crippen LogP contribution in [0.5, 0.6) is 0 Å². The number of tetrazole rings is 1. The van der Waals surface area contributed by atoms with E-state index in [1.54, 1.807) is 12.4 Å². The van der Waals surface area contributed by atoms with Crippen molar-refractivity contribution in [3.05, 3.63) is 75.7 Å². The Bertz CT molecular complexity index is 1240. The Hall–Kier alpha value is -3.55. The van der Waals surface area contributed by atoms with Crippen LogP contribution in [0, 0.1) is 6.92 Å². The molecule has 166 valence electrons. The van der Waals surface area contributed by atoms with Gasteiger partial charge in [0, 0.05) is 35.4 Å². The van der Waals surface area contributed by atoms with E-state index >= 15 is 0 Å². The lowest BCUT2D eigenvalue weighted by atomic mass is 10.0. The molecule has 4 aromatic rings. The van der Waals surface area contributed by atoms with E-state index in [2.05, 4.69) is 64.6 Å². The highest BCUT2D eigenvalue weighted by molar-refractivity contribution is 5.58. The molecule has 8 nitrogen and oxygen atoms in total. The third-order valence-electron chi connectivity index (χ3n) is 5.75. The zero-order chi connectivity index (χ0) is 22.5. The lowest BCUT2D eigenvalue weighted by molar-refractivity contribution is 0.672. The molecule has 0 unspecified atom stereocenters. The molecule has 4 rings (SSSR count). The van der Waals surface area contributed by atoms with Crippen molar-refractivity contribution in [1.82, 2.24) is 34.7 Å². The van der Waals surface area contributed by atoms with Crippen molar-refractivity contribution >= 4 is 0 Å². The summed E-state index contributed by atoms with van der Waals surface area (Å²) in [6, 6.07) is 8.11. The van der Waals surface area contributed by atoms with Gasteiger partial charge in [-0.25, -0.2) is 4.79 Å². The van der Waals surface area contributed by atoms with Crippen molar-refractivity contribution in [3.8, 4) is 17.1 Å². The van der Waals surface area contributed by atoms with Crippen molar-refractivity contribution in [2.45, 2.75) is 59.4 Å². The molecular weight excluding hydrogens is 402 g/mol. The second kappa shape index (κ2) is 9.72. The van der Waals surface area contributed by atoms with E-state index in [0.717, 1.165) is 60.2 Å². The van der Waals surface area contributed by atoms with Gasteiger partial charge in [0.1, 0.15) is 0 Å². The minimum Gasteiger partial charge on any atom is -0.292 e. The minimum absolute atomic E-state index is 0.0364. The number of imidazole rings is 1. The summed E-state index contributed by atoms with van der Waals surface area (Å²) >= 11 is 0. The highest BCUT2D eigenvalue weighted by Gasteiger charge is 2.18. The number of H-pyrrole nitrogens is 1. The molecule has 0 aliphatic rings. The van der Waals surface area contributed by atoms with E-state index in [-0.39, 0.29) is 5.69 Å². The Labute approximate surface area is 187 Å². The molecule has 8 heteroatoms. The second-order valence-corrected chi connectivity index (χ2v) is 8.06. The fraction of sp³-hybridized carbons (Fsp3) is 0.375. The monoisotopic (exact) mass is 431 g/mol. The summed E-state index contributed by atoms with van der Waals surface area (Å²) in [7, 11) is 0. The largest absolute Gasteiger partial charge is 0.333 e. The van der Waals surface area contributed by atoms with Crippen LogP contribution in [-0.2, 0) is 19.4 Å². The maximum absolute atomic E-state index is 13.7. The van der Waals surface area contributed by atoms with E-state index in [9.17, 15) is 4.79 Å². The van der Waals surface area contributed by atoms with Crippen LogP contribution in [0.15, 0.2) is 47.7 Å². The van der Waals surface area contributed by atoms with E-state index in [0.29, 0.717) is 12.4 Å². The number of nitrogens with one attached hydrogen (secondary N) is 1. The predicted molar refractivity (Wildman–Crippen MR) is 124 cm³/mol. The molecule has 0 fully saturated rings. The fourth-order valence-electron chi connectivity index (χ4n) is 4.17. The molecule has 0 saturated heterocycles. The van der Waals surface area contributed by atoms with Gasteiger partial charge in [0.25, 0.3) is 0 Å². The number of unbranched alkanes of at least 4 members (excludes halogenated alkanes) is 1. The van der Waals surface area contributed by atoms with Gasteiger partial charge < -0.3 is 0 Å². The van der Waals surface area contributed by atoms with Crippen LogP contribution >= 0.6 is 0 Å². The number of rotatable bonds is 9. The summed E-state index contributed by atoms with van der Waals surface area (Å²) in [5.41, 5.74) is 5.98. The number of aromatic amines is 1. The van der Waals surface area contributed by atoms with Gasteiger partial charge in [-0.3, -0.25) is 14.1 Å². The molecule has 0 aliphatic carbocycles. The van der Waals surface area contributed by atoms with E-state index in [1.807, 2.05) is 21.4 Å². The molecular formula is C24H29N7O. The van der Waals surface area contributed by atoms with Crippen molar-refractivity contribution < 1.29 is 0 Å².